The summed E-state index contributed by atoms with van der Waals surface area (Å²) in [6.07, 6.45) is 1.85. The molecule has 2 aromatic carbocycles. The smallest absolute Gasteiger partial charge is 0.336 e. The highest BCUT2D eigenvalue weighted by Crippen LogP contribution is 2.31. The number of hydrogen-bond donors (Lipinski definition) is 1. The van der Waals surface area contributed by atoms with Crippen molar-refractivity contribution >= 4 is 11.7 Å². The zero-order valence-electron chi connectivity index (χ0n) is 12.2. The molecule has 0 unspecified atom stereocenters. The van der Waals surface area contributed by atoms with Crippen molar-refractivity contribution in [2.75, 3.05) is 11.4 Å². The second-order valence-electron chi connectivity index (χ2n) is 5.56. The van der Waals surface area contributed by atoms with Crippen molar-refractivity contribution in [1.29, 1.82) is 0 Å². The van der Waals surface area contributed by atoms with E-state index in [1.807, 2.05) is 18.2 Å². The fourth-order valence-electron chi connectivity index (χ4n) is 3.06. The minimum absolute atomic E-state index is 0.446. The van der Waals surface area contributed by atoms with Gasteiger partial charge in [0.1, 0.15) is 0 Å². The number of carboxylic acid groups (broad SMARTS) is 1. The van der Waals surface area contributed by atoms with Crippen molar-refractivity contribution in [2.24, 2.45) is 0 Å². The van der Waals surface area contributed by atoms with Gasteiger partial charge in [-0.15, -0.1) is 0 Å². The number of nitrogens with zero attached hydrogens (tertiary/aromatic N) is 1. The zero-order valence-corrected chi connectivity index (χ0v) is 12.2. The summed E-state index contributed by atoms with van der Waals surface area (Å²) in [6, 6.07) is 14.0. The van der Waals surface area contributed by atoms with Crippen LogP contribution in [0.5, 0.6) is 0 Å². The van der Waals surface area contributed by atoms with E-state index in [0.717, 1.165) is 37.2 Å². The van der Waals surface area contributed by atoms with E-state index >= 15 is 0 Å². The Hall–Kier alpha value is -2.29. The third-order valence-corrected chi connectivity index (χ3v) is 4.20. The van der Waals surface area contributed by atoms with E-state index in [4.69, 9.17) is 0 Å². The van der Waals surface area contributed by atoms with Crippen LogP contribution in [0.1, 0.15) is 33.5 Å². The molecule has 0 bridgehead atoms. The van der Waals surface area contributed by atoms with E-state index in [-0.39, 0.29) is 0 Å². The molecule has 0 amide bonds. The lowest BCUT2D eigenvalue weighted by Crippen LogP contribution is -2.30. The molecule has 0 aliphatic carbocycles. The van der Waals surface area contributed by atoms with Gasteiger partial charge in [0.2, 0.25) is 0 Å². The van der Waals surface area contributed by atoms with Gasteiger partial charge in [-0.1, -0.05) is 30.3 Å². The quantitative estimate of drug-likeness (QED) is 0.933. The van der Waals surface area contributed by atoms with Crippen LogP contribution in [0.25, 0.3) is 0 Å². The predicted octanol–water partition coefficient (Wildman–Crippen LogP) is 3.65. The summed E-state index contributed by atoms with van der Waals surface area (Å²) in [4.78, 5) is 13.7. The number of carboxylic acids is 1. The Morgan fingerprint density at radius 2 is 2.00 bits per heavy atom. The standard InChI is InChI=1S/C18H19NO2/c1-13-6-2-3-7-14(13)12-19-11-5-9-15-16(18(20)21)8-4-10-17(15)19/h2-4,6-8,10H,5,9,11-12H2,1H3,(H,20,21). The van der Waals surface area contributed by atoms with Gasteiger partial charge >= 0.3 is 5.97 Å². The fraction of sp³-hybridized carbons (Fsp3) is 0.278. The Balaban J connectivity index is 1.96. The maximum absolute atomic E-state index is 11.4. The summed E-state index contributed by atoms with van der Waals surface area (Å²) < 4.78 is 0. The summed E-state index contributed by atoms with van der Waals surface area (Å²) in [5, 5.41) is 9.34. The first kappa shape index (κ1) is 13.7. The lowest BCUT2D eigenvalue weighted by molar-refractivity contribution is 0.0695. The van der Waals surface area contributed by atoms with Crippen LogP contribution in [0, 0.1) is 6.92 Å². The molecule has 1 aliphatic rings. The van der Waals surface area contributed by atoms with Gasteiger partial charge in [0.05, 0.1) is 5.56 Å². The number of fused-ring (bicyclic) bond motifs is 1. The first-order valence-electron chi connectivity index (χ1n) is 7.31. The van der Waals surface area contributed by atoms with E-state index in [1.165, 1.54) is 11.1 Å². The second-order valence-corrected chi connectivity index (χ2v) is 5.56. The largest absolute Gasteiger partial charge is 0.478 e. The topological polar surface area (TPSA) is 40.5 Å². The Kier molecular flexibility index (Phi) is 3.65. The first-order chi connectivity index (χ1) is 10.2. The van der Waals surface area contributed by atoms with Gasteiger partial charge in [0.25, 0.3) is 0 Å². The number of carbonyl (C=O) groups is 1. The highest BCUT2D eigenvalue weighted by molar-refractivity contribution is 5.91. The Morgan fingerprint density at radius 3 is 2.76 bits per heavy atom. The summed E-state index contributed by atoms with van der Waals surface area (Å²) in [5.41, 5.74) is 5.07. The third kappa shape index (κ3) is 2.64. The highest BCUT2D eigenvalue weighted by Gasteiger charge is 2.22. The molecule has 0 fully saturated rings. The summed E-state index contributed by atoms with van der Waals surface area (Å²) in [7, 11) is 0. The number of aromatic carboxylic acids is 1. The van der Waals surface area contributed by atoms with Crippen LogP contribution in [0.2, 0.25) is 0 Å². The average molecular weight is 281 g/mol. The Labute approximate surface area is 124 Å². The molecule has 3 rings (SSSR count). The van der Waals surface area contributed by atoms with Gasteiger partial charge < -0.3 is 10.0 Å². The molecule has 21 heavy (non-hydrogen) atoms. The van der Waals surface area contributed by atoms with Crippen LogP contribution < -0.4 is 4.90 Å². The van der Waals surface area contributed by atoms with Gasteiger partial charge in [0.15, 0.2) is 0 Å². The molecule has 1 N–H and O–H groups in total. The van der Waals surface area contributed by atoms with Crippen molar-refractivity contribution in [3.63, 3.8) is 0 Å². The van der Waals surface area contributed by atoms with E-state index in [0.29, 0.717) is 5.56 Å². The second kappa shape index (κ2) is 5.60. The van der Waals surface area contributed by atoms with Gasteiger partial charge in [-0.3, -0.25) is 0 Å². The minimum Gasteiger partial charge on any atom is -0.478 e. The molecule has 3 heteroatoms. The SMILES string of the molecule is Cc1ccccc1CN1CCCc2c(C(=O)O)cccc21. The van der Waals surface area contributed by atoms with E-state index in [9.17, 15) is 9.90 Å². The summed E-state index contributed by atoms with van der Waals surface area (Å²) in [6.45, 7) is 3.93. The predicted molar refractivity (Wildman–Crippen MR) is 84.0 cm³/mol. The van der Waals surface area contributed by atoms with Crippen LogP contribution in [0.4, 0.5) is 5.69 Å². The van der Waals surface area contributed by atoms with E-state index in [1.54, 1.807) is 6.07 Å². The lowest BCUT2D eigenvalue weighted by Gasteiger charge is -2.32. The van der Waals surface area contributed by atoms with Crippen LogP contribution in [-0.4, -0.2) is 17.6 Å². The molecule has 1 aliphatic heterocycles. The molecular weight excluding hydrogens is 262 g/mol. The minimum atomic E-state index is -0.829. The first-order valence-corrected chi connectivity index (χ1v) is 7.31. The van der Waals surface area contributed by atoms with Crippen LogP contribution in [0.3, 0.4) is 0 Å². The molecule has 0 atom stereocenters. The average Bonchev–Trinajstić information content (AvgIpc) is 2.49. The number of anilines is 1. The molecule has 0 spiro atoms. The van der Waals surface area contributed by atoms with Crippen molar-refractivity contribution in [3.8, 4) is 0 Å². The molecule has 0 radical (unpaired) electrons. The third-order valence-electron chi connectivity index (χ3n) is 4.20. The maximum atomic E-state index is 11.4. The van der Waals surface area contributed by atoms with Gasteiger partial charge in [0, 0.05) is 18.8 Å². The molecular formula is C18H19NO2. The van der Waals surface area contributed by atoms with Crippen LogP contribution in [0.15, 0.2) is 42.5 Å². The van der Waals surface area contributed by atoms with Crippen LogP contribution in [-0.2, 0) is 13.0 Å². The van der Waals surface area contributed by atoms with Crippen molar-refractivity contribution in [3.05, 3.63) is 64.7 Å². The molecule has 108 valence electrons. The summed E-state index contributed by atoms with van der Waals surface area (Å²) in [5.74, 6) is -0.829. The van der Waals surface area contributed by atoms with Crippen LogP contribution >= 0.6 is 0 Å². The van der Waals surface area contributed by atoms with E-state index in [2.05, 4.69) is 30.0 Å². The normalized spacial score (nSPS) is 13.9. The maximum Gasteiger partial charge on any atom is 0.336 e. The number of hydrogen-bond acceptors (Lipinski definition) is 2. The number of aryl methyl sites for hydroxylation is 1. The van der Waals surface area contributed by atoms with Gasteiger partial charge in [-0.2, -0.15) is 0 Å². The molecule has 3 nitrogen and oxygen atoms in total. The monoisotopic (exact) mass is 281 g/mol. The lowest BCUT2D eigenvalue weighted by atomic mass is 9.95. The molecule has 2 aromatic rings. The Bertz CT molecular complexity index is 679. The highest BCUT2D eigenvalue weighted by atomic mass is 16.4. The number of benzene rings is 2. The van der Waals surface area contributed by atoms with Crippen molar-refractivity contribution in [1.82, 2.24) is 0 Å². The Morgan fingerprint density at radius 1 is 1.19 bits per heavy atom. The number of rotatable bonds is 3. The molecule has 0 saturated heterocycles. The molecule has 0 aromatic heterocycles. The zero-order chi connectivity index (χ0) is 14.8. The van der Waals surface area contributed by atoms with E-state index < -0.39 is 5.97 Å². The van der Waals surface area contributed by atoms with Gasteiger partial charge in [-0.05, 0) is 48.6 Å². The summed E-state index contributed by atoms with van der Waals surface area (Å²) >= 11 is 0. The van der Waals surface area contributed by atoms with Crippen molar-refractivity contribution < 1.29 is 9.90 Å². The van der Waals surface area contributed by atoms with Gasteiger partial charge in [-0.25, -0.2) is 4.79 Å². The fourth-order valence-corrected chi connectivity index (χ4v) is 3.06. The molecule has 0 saturated carbocycles. The van der Waals surface area contributed by atoms with Crippen molar-refractivity contribution in [2.45, 2.75) is 26.3 Å². The molecule has 1 heterocycles.